The molecule has 94 valence electrons. The second-order valence-corrected chi connectivity index (χ2v) is 6.81. The first-order chi connectivity index (χ1) is 8.16. The second kappa shape index (κ2) is 5.60. The molecule has 1 saturated heterocycles. The van der Waals surface area contributed by atoms with Crippen LogP contribution in [0.5, 0.6) is 0 Å². The van der Waals surface area contributed by atoms with Gasteiger partial charge in [0.2, 0.25) is 0 Å². The van der Waals surface area contributed by atoms with Gasteiger partial charge in [-0.15, -0.1) is 0 Å². The van der Waals surface area contributed by atoms with Crippen LogP contribution in [0.2, 0.25) is 0 Å². The van der Waals surface area contributed by atoms with Crippen LogP contribution < -0.4 is 5.32 Å². The zero-order valence-corrected chi connectivity index (χ0v) is 10.6. The molecule has 1 aromatic rings. The number of hydrogen-bond acceptors (Lipinski definition) is 4. The standard InChI is InChI=1S/C12H18N2O2S/c15-17(16)7-4-12(10-17)9-14-6-3-11-2-1-5-13-8-11/h1-2,5,8,12,14H,3-4,6-7,9-10H2. The molecule has 0 aliphatic carbocycles. The fraction of sp³-hybridized carbons (Fsp3) is 0.583. The van der Waals surface area contributed by atoms with E-state index in [0.29, 0.717) is 17.4 Å². The molecular formula is C12H18N2O2S. The Morgan fingerprint density at radius 1 is 1.47 bits per heavy atom. The number of nitrogens with zero attached hydrogens (tertiary/aromatic N) is 1. The van der Waals surface area contributed by atoms with Crippen molar-refractivity contribution in [3.05, 3.63) is 30.1 Å². The molecular weight excluding hydrogens is 236 g/mol. The first-order valence-electron chi connectivity index (χ1n) is 5.96. The minimum absolute atomic E-state index is 0.300. The highest BCUT2D eigenvalue weighted by atomic mass is 32.2. The van der Waals surface area contributed by atoms with Gasteiger partial charge in [-0.05, 0) is 43.5 Å². The summed E-state index contributed by atoms with van der Waals surface area (Å²) < 4.78 is 22.5. The Bertz CT molecular complexity index is 445. The summed E-state index contributed by atoms with van der Waals surface area (Å²) in [4.78, 5) is 4.05. The molecule has 1 N–H and O–H groups in total. The molecule has 0 bridgehead atoms. The van der Waals surface area contributed by atoms with Crippen LogP contribution in [0.25, 0.3) is 0 Å². The van der Waals surface area contributed by atoms with Crippen LogP contribution in [0, 0.1) is 5.92 Å². The fourth-order valence-corrected chi connectivity index (χ4v) is 3.98. The number of sulfone groups is 1. The first kappa shape index (κ1) is 12.5. The maximum atomic E-state index is 11.3. The van der Waals surface area contributed by atoms with Gasteiger partial charge in [0.15, 0.2) is 9.84 Å². The van der Waals surface area contributed by atoms with Gasteiger partial charge in [-0.25, -0.2) is 8.42 Å². The Kier molecular flexibility index (Phi) is 4.12. The molecule has 0 spiro atoms. The molecule has 17 heavy (non-hydrogen) atoms. The summed E-state index contributed by atoms with van der Waals surface area (Å²) in [5.41, 5.74) is 1.21. The topological polar surface area (TPSA) is 59.1 Å². The highest BCUT2D eigenvalue weighted by Crippen LogP contribution is 2.17. The molecule has 1 fully saturated rings. The highest BCUT2D eigenvalue weighted by Gasteiger charge is 2.27. The monoisotopic (exact) mass is 254 g/mol. The summed E-state index contributed by atoms with van der Waals surface area (Å²) in [5, 5.41) is 3.32. The lowest BCUT2D eigenvalue weighted by Gasteiger charge is -2.09. The van der Waals surface area contributed by atoms with Crippen molar-refractivity contribution in [3.8, 4) is 0 Å². The predicted molar refractivity (Wildman–Crippen MR) is 67.6 cm³/mol. The van der Waals surface area contributed by atoms with E-state index in [9.17, 15) is 8.42 Å². The second-order valence-electron chi connectivity index (χ2n) is 4.58. The van der Waals surface area contributed by atoms with Crippen molar-refractivity contribution in [2.45, 2.75) is 12.8 Å². The van der Waals surface area contributed by atoms with Gasteiger partial charge in [0.05, 0.1) is 11.5 Å². The smallest absolute Gasteiger partial charge is 0.150 e. The average Bonchev–Trinajstić information content (AvgIpc) is 2.66. The van der Waals surface area contributed by atoms with Gasteiger partial charge in [-0.1, -0.05) is 6.07 Å². The quantitative estimate of drug-likeness (QED) is 0.784. The SMILES string of the molecule is O=S1(=O)CCC(CNCCc2cccnc2)C1. The van der Waals surface area contributed by atoms with Crippen LogP contribution >= 0.6 is 0 Å². The number of rotatable bonds is 5. The van der Waals surface area contributed by atoms with Crippen molar-refractivity contribution in [3.63, 3.8) is 0 Å². The Morgan fingerprint density at radius 2 is 2.35 bits per heavy atom. The summed E-state index contributed by atoms with van der Waals surface area (Å²) >= 11 is 0. The van der Waals surface area contributed by atoms with Crippen molar-refractivity contribution in [2.75, 3.05) is 24.6 Å². The largest absolute Gasteiger partial charge is 0.316 e. The van der Waals surface area contributed by atoms with E-state index >= 15 is 0 Å². The van der Waals surface area contributed by atoms with E-state index in [-0.39, 0.29) is 0 Å². The van der Waals surface area contributed by atoms with Gasteiger partial charge in [0, 0.05) is 12.4 Å². The van der Waals surface area contributed by atoms with Crippen LogP contribution in [0.4, 0.5) is 0 Å². The van der Waals surface area contributed by atoms with Crippen LogP contribution in [-0.2, 0) is 16.3 Å². The van der Waals surface area contributed by atoms with E-state index < -0.39 is 9.84 Å². The Balaban J connectivity index is 1.64. The molecule has 1 aliphatic rings. The van der Waals surface area contributed by atoms with Gasteiger partial charge in [-0.3, -0.25) is 4.98 Å². The maximum absolute atomic E-state index is 11.3. The Labute approximate surface area is 102 Å². The molecule has 0 saturated carbocycles. The number of hydrogen-bond donors (Lipinski definition) is 1. The highest BCUT2D eigenvalue weighted by molar-refractivity contribution is 7.91. The summed E-state index contributed by atoms with van der Waals surface area (Å²) in [6, 6.07) is 3.98. The number of aromatic nitrogens is 1. The lowest BCUT2D eigenvalue weighted by Crippen LogP contribution is -2.25. The first-order valence-corrected chi connectivity index (χ1v) is 7.78. The Morgan fingerprint density at radius 3 is 3.00 bits per heavy atom. The molecule has 5 heteroatoms. The minimum Gasteiger partial charge on any atom is -0.316 e. The molecule has 2 heterocycles. The van der Waals surface area contributed by atoms with Crippen LogP contribution in [0.1, 0.15) is 12.0 Å². The fourth-order valence-electron chi connectivity index (χ4n) is 2.12. The zero-order chi connectivity index (χ0) is 12.1. The lowest BCUT2D eigenvalue weighted by molar-refractivity contribution is 0.523. The van der Waals surface area contributed by atoms with E-state index in [1.165, 1.54) is 5.56 Å². The third-order valence-corrected chi connectivity index (χ3v) is 4.91. The van der Waals surface area contributed by atoms with Gasteiger partial charge >= 0.3 is 0 Å². The third-order valence-electron chi connectivity index (χ3n) is 3.07. The van der Waals surface area contributed by atoms with E-state index in [1.807, 2.05) is 12.3 Å². The van der Waals surface area contributed by atoms with E-state index in [1.54, 1.807) is 6.20 Å². The van der Waals surface area contributed by atoms with Gasteiger partial charge in [0.1, 0.15) is 0 Å². The van der Waals surface area contributed by atoms with Crippen molar-refractivity contribution in [1.29, 1.82) is 0 Å². The molecule has 0 aromatic carbocycles. The molecule has 1 aliphatic heterocycles. The summed E-state index contributed by atoms with van der Waals surface area (Å²) in [7, 11) is -2.73. The Hall–Kier alpha value is -0.940. The molecule has 0 amide bonds. The van der Waals surface area contributed by atoms with E-state index in [2.05, 4.69) is 16.4 Å². The number of nitrogens with one attached hydrogen (secondary N) is 1. The summed E-state index contributed by atoms with van der Waals surface area (Å²) in [6.45, 7) is 1.68. The minimum atomic E-state index is -2.73. The van der Waals surface area contributed by atoms with Crippen molar-refractivity contribution in [1.82, 2.24) is 10.3 Å². The molecule has 2 rings (SSSR count). The summed E-state index contributed by atoms with van der Waals surface area (Å²) in [5.74, 6) is 1.02. The van der Waals surface area contributed by atoms with Gasteiger partial charge in [-0.2, -0.15) is 0 Å². The maximum Gasteiger partial charge on any atom is 0.150 e. The molecule has 1 atom stereocenters. The molecule has 1 unspecified atom stereocenters. The third kappa shape index (κ3) is 4.09. The molecule has 1 aromatic heterocycles. The zero-order valence-electron chi connectivity index (χ0n) is 9.80. The van der Waals surface area contributed by atoms with Crippen molar-refractivity contribution in [2.24, 2.45) is 5.92 Å². The summed E-state index contributed by atoms with van der Waals surface area (Å²) in [6.07, 6.45) is 5.37. The van der Waals surface area contributed by atoms with Crippen molar-refractivity contribution < 1.29 is 8.42 Å². The van der Waals surface area contributed by atoms with Crippen LogP contribution in [0.3, 0.4) is 0 Å². The van der Waals surface area contributed by atoms with Gasteiger partial charge in [0.25, 0.3) is 0 Å². The molecule has 4 nitrogen and oxygen atoms in total. The normalized spacial score (nSPS) is 22.7. The van der Waals surface area contributed by atoms with Crippen LogP contribution in [-0.4, -0.2) is 38.0 Å². The van der Waals surface area contributed by atoms with E-state index in [0.717, 1.165) is 25.9 Å². The van der Waals surface area contributed by atoms with E-state index in [4.69, 9.17) is 0 Å². The van der Waals surface area contributed by atoms with Crippen LogP contribution in [0.15, 0.2) is 24.5 Å². The van der Waals surface area contributed by atoms with Gasteiger partial charge < -0.3 is 5.32 Å². The number of pyridine rings is 1. The average molecular weight is 254 g/mol. The van der Waals surface area contributed by atoms with Crippen molar-refractivity contribution >= 4 is 9.84 Å². The predicted octanol–water partition coefficient (Wildman–Crippen LogP) is 0.648. The molecule has 0 radical (unpaired) electrons. The lowest BCUT2D eigenvalue weighted by atomic mass is 10.1.